The SMILES string of the molecule is CCCOc1ccc(F)cc1C=NN. The van der Waals surface area contributed by atoms with E-state index in [-0.39, 0.29) is 5.82 Å². The zero-order chi connectivity index (χ0) is 10.4. The van der Waals surface area contributed by atoms with Crippen molar-refractivity contribution in [2.45, 2.75) is 13.3 Å². The van der Waals surface area contributed by atoms with Crippen LogP contribution in [0.4, 0.5) is 4.39 Å². The summed E-state index contributed by atoms with van der Waals surface area (Å²) < 4.78 is 18.2. The Balaban J connectivity index is 2.90. The number of hydrazone groups is 1. The van der Waals surface area contributed by atoms with E-state index >= 15 is 0 Å². The third-order valence-electron chi connectivity index (χ3n) is 1.65. The molecule has 0 saturated carbocycles. The van der Waals surface area contributed by atoms with E-state index in [4.69, 9.17) is 10.6 Å². The molecule has 0 radical (unpaired) electrons. The van der Waals surface area contributed by atoms with Gasteiger partial charge in [0.05, 0.1) is 12.8 Å². The van der Waals surface area contributed by atoms with Gasteiger partial charge in [-0.15, -0.1) is 0 Å². The zero-order valence-electron chi connectivity index (χ0n) is 8.03. The fourth-order valence-electron chi connectivity index (χ4n) is 1.04. The number of rotatable bonds is 4. The minimum absolute atomic E-state index is 0.330. The summed E-state index contributed by atoms with van der Waals surface area (Å²) >= 11 is 0. The first-order valence-electron chi connectivity index (χ1n) is 4.43. The molecule has 3 nitrogen and oxygen atoms in total. The highest BCUT2D eigenvalue weighted by atomic mass is 19.1. The van der Waals surface area contributed by atoms with Gasteiger partial charge in [-0.05, 0) is 24.6 Å². The van der Waals surface area contributed by atoms with E-state index in [0.29, 0.717) is 17.9 Å². The Hall–Kier alpha value is -1.58. The second-order valence-corrected chi connectivity index (χ2v) is 2.81. The molecule has 2 N–H and O–H groups in total. The quantitative estimate of drug-likeness (QED) is 0.454. The first-order chi connectivity index (χ1) is 6.77. The molecule has 0 aliphatic carbocycles. The van der Waals surface area contributed by atoms with Crippen LogP contribution in [0.1, 0.15) is 18.9 Å². The van der Waals surface area contributed by atoms with Crippen LogP contribution in [0, 0.1) is 5.82 Å². The maximum atomic E-state index is 12.8. The van der Waals surface area contributed by atoms with Crippen molar-refractivity contribution < 1.29 is 9.13 Å². The maximum absolute atomic E-state index is 12.8. The van der Waals surface area contributed by atoms with E-state index in [0.717, 1.165) is 6.42 Å². The van der Waals surface area contributed by atoms with Gasteiger partial charge in [-0.1, -0.05) is 6.92 Å². The minimum atomic E-state index is -0.330. The van der Waals surface area contributed by atoms with Crippen molar-refractivity contribution in [2.24, 2.45) is 10.9 Å². The predicted octanol–water partition coefficient (Wildman–Crippen LogP) is 1.91. The van der Waals surface area contributed by atoms with Crippen LogP contribution >= 0.6 is 0 Å². The highest BCUT2D eigenvalue weighted by Gasteiger charge is 2.02. The van der Waals surface area contributed by atoms with Crippen molar-refractivity contribution in [3.05, 3.63) is 29.6 Å². The smallest absolute Gasteiger partial charge is 0.128 e. The van der Waals surface area contributed by atoms with Crippen LogP contribution in [0.3, 0.4) is 0 Å². The zero-order valence-corrected chi connectivity index (χ0v) is 8.03. The fourth-order valence-corrected chi connectivity index (χ4v) is 1.04. The summed E-state index contributed by atoms with van der Waals surface area (Å²) in [5.74, 6) is 5.27. The molecule has 0 aliphatic rings. The molecule has 0 fully saturated rings. The van der Waals surface area contributed by atoms with Gasteiger partial charge >= 0.3 is 0 Å². The van der Waals surface area contributed by atoms with Crippen LogP contribution in [0.25, 0.3) is 0 Å². The Labute approximate surface area is 82.4 Å². The number of benzene rings is 1. The average Bonchev–Trinajstić information content (AvgIpc) is 2.17. The van der Waals surface area contributed by atoms with Gasteiger partial charge in [0.15, 0.2) is 0 Å². The van der Waals surface area contributed by atoms with Crippen LogP contribution in [-0.2, 0) is 0 Å². The maximum Gasteiger partial charge on any atom is 0.128 e. The molecule has 14 heavy (non-hydrogen) atoms. The van der Waals surface area contributed by atoms with E-state index in [1.54, 1.807) is 6.07 Å². The van der Waals surface area contributed by atoms with E-state index in [2.05, 4.69) is 5.10 Å². The molecule has 0 spiro atoms. The Bertz CT molecular complexity index is 326. The molecule has 0 saturated heterocycles. The number of nitrogens with zero attached hydrogens (tertiary/aromatic N) is 1. The van der Waals surface area contributed by atoms with Gasteiger partial charge in [-0.2, -0.15) is 5.10 Å². The lowest BCUT2D eigenvalue weighted by atomic mass is 10.2. The van der Waals surface area contributed by atoms with Gasteiger partial charge in [0.25, 0.3) is 0 Å². The average molecular weight is 196 g/mol. The highest BCUT2D eigenvalue weighted by Crippen LogP contribution is 2.17. The Kier molecular flexibility index (Phi) is 3.91. The van der Waals surface area contributed by atoms with E-state index in [1.165, 1.54) is 18.3 Å². The van der Waals surface area contributed by atoms with Crippen LogP contribution in [0.2, 0.25) is 0 Å². The summed E-state index contributed by atoms with van der Waals surface area (Å²) in [4.78, 5) is 0. The molecule has 0 amide bonds. The molecule has 0 atom stereocenters. The number of ether oxygens (including phenoxy) is 1. The summed E-state index contributed by atoms with van der Waals surface area (Å²) in [7, 11) is 0. The topological polar surface area (TPSA) is 47.6 Å². The van der Waals surface area contributed by atoms with Gasteiger partial charge in [0.2, 0.25) is 0 Å². The number of halogens is 1. The van der Waals surface area contributed by atoms with Crippen LogP contribution in [0.15, 0.2) is 23.3 Å². The van der Waals surface area contributed by atoms with Gasteiger partial charge < -0.3 is 10.6 Å². The minimum Gasteiger partial charge on any atom is -0.493 e. The lowest BCUT2D eigenvalue weighted by molar-refractivity contribution is 0.316. The van der Waals surface area contributed by atoms with Crippen molar-refractivity contribution in [1.82, 2.24) is 0 Å². The number of hydrogen-bond acceptors (Lipinski definition) is 3. The number of nitrogens with two attached hydrogens (primary N) is 1. The standard InChI is InChI=1S/C10H13FN2O/c1-2-5-14-10-4-3-9(11)6-8(10)7-13-12/h3-4,6-7H,2,5,12H2,1H3. The summed E-state index contributed by atoms with van der Waals surface area (Å²) in [6, 6.07) is 4.25. The van der Waals surface area contributed by atoms with Crippen LogP contribution < -0.4 is 10.6 Å². The van der Waals surface area contributed by atoms with E-state index in [9.17, 15) is 4.39 Å². The normalized spacial score (nSPS) is 10.7. The van der Waals surface area contributed by atoms with Crippen molar-refractivity contribution in [1.29, 1.82) is 0 Å². The van der Waals surface area contributed by atoms with Crippen molar-refractivity contribution in [3.63, 3.8) is 0 Å². The van der Waals surface area contributed by atoms with Gasteiger partial charge in [-0.3, -0.25) is 0 Å². The molecule has 4 heteroatoms. The number of hydrogen-bond donors (Lipinski definition) is 1. The third-order valence-corrected chi connectivity index (χ3v) is 1.65. The Morgan fingerprint density at radius 2 is 2.36 bits per heavy atom. The molecule has 1 aromatic rings. The Morgan fingerprint density at radius 1 is 1.57 bits per heavy atom. The van der Waals surface area contributed by atoms with Gasteiger partial charge in [0, 0.05) is 5.56 Å². The monoisotopic (exact) mass is 196 g/mol. The lowest BCUT2D eigenvalue weighted by Gasteiger charge is -2.07. The van der Waals surface area contributed by atoms with Crippen molar-refractivity contribution >= 4 is 6.21 Å². The largest absolute Gasteiger partial charge is 0.493 e. The second-order valence-electron chi connectivity index (χ2n) is 2.81. The first-order valence-corrected chi connectivity index (χ1v) is 4.43. The molecular weight excluding hydrogens is 183 g/mol. The first kappa shape index (κ1) is 10.5. The molecule has 0 aliphatic heterocycles. The molecule has 76 valence electrons. The van der Waals surface area contributed by atoms with Gasteiger partial charge in [0.1, 0.15) is 11.6 Å². The summed E-state index contributed by atoms with van der Waals surface area (Å²) in [5, 5.41) is 3.34. The van der Waals surface area contributed by atoms with Crippen LogP contribution in [0.5, 0.6) is 5.75 Å². The molecular formula is C10H13FN2O. The summed E-state index contributed by atoms with van der Waals surface area (Å²) in [5.41, 5.74) is 0.556. The third kappa shape index (κ3) is 2.73. The highest BCUT2D eigenvalue weighted by molar-refractivity contribution is 5.83. The van der Waals surface area contributed by atoms with E-state index in [1.807, 2.05) is 6.92 Å². The van der Waals surface area contributed by atoms with Gasteiger partial charge in [-0.25, -0.2) is 4.39 Å². The predicted molar refractivity (Wildman–Crippen MR) is 54.0 cm³/mol. The van der Waals surface area contributed by atoms with E-state index < -0.39 is 0 Å². The molecule has 0 aromatic heterocycles. The fraction of sp³-hybridized carbons (Fsp3) is 0.300. The van der Waals surface area contributed by atoms with Crippen molar-refractivity contribution in [2.75, 3.05) is 6.61 Å². The molecule has 1 aromatic carbocycles. The van der Waals surface area contributed by atoms with Crippen LogP contribution in [-0.4, -0.2) is 12.8 Å². The molecule has 0 bridgehead atoms. The Morgan fingerprint density at radius 3 is 3.00 bits per heavy atom. The summed E-state index contributed by atoms with van der Waals surface area (Å²) in [6.45, 7) is 2.59. The molecule has 0 heterocycles. The van der Waals surface area contributed by atoms with Crippen molar-refractivity contribution in [3.8, 4) is 5.75 Å². The molecule has 0 unspecified atom stereocenters. The molecule has 1 rings (SSSR count). The lowest BCUT2D eigenvalue weighted by Crippen LogP contribution is -1.99. The summed E-state index contributed by atoms with van der Waals surface area (Å²) in [6.07, 6.45) is 2.27. The second kappa shape index (κ2) is 5.21.